The molecule has 3 unspecified atom stereocenters. The van der Waals surface area contributed by atoms with Crippen molar-refractivity contribution < 1.29 is 9.53 Å². The van der Waals surface area contributed by atoms with Crippen molar-refractivity contribution in [1.29, 1.82) is 0 Å². The van der Waals surface area contributed by atoms with Crippen molar-refractivity contribution in [3.8, 4) is 0 Å². The molecule has 1 N–H and O–H groups in total. The molecule has 3 heteroatoms. The Balaban J connectivity index is 2.02. The summed E-state index contributed by atoms with van der Waals surface area (Å²) in [5.41, 5.74) is 0. The van der Waals surface area contributed by atoms with Crippen LogP contribution in [0.3, 0.4) is 0 Å². The first-order valence-electron chi connectivity index (χ1n) is 5.23. The molecule has 0 amide bonds. The third kappa shape index (κ3) is 1.57. The van der Waals surface area contributed by atoms with E-state index in [0.29, 0.717) is 18.6 Å². The van der Waals surface area contributed by atoms with Crippen molar-refractivity contribution in [3.05, 3.63) is 0 Å². The zero-order chi connectivity index (χ0) is 9.26. The molecule has 1 aliphatic heterocycles. The molecule has 1 saturated carbocycles. The molecule has 1 heterocycles. The summed E-state index contributed by atoms with van der Waals surface area (Å²) in [6, 6.07) is 0.401. The van der Waals surface area contributed by atoms with Crippen LogP contribution < -0.4 is 5.32 Å². The Hall–Kier alpha value is -0.570. The zero-order valence-corrected chi connectivity index (χ0v) is 8.08. The van der Waals surface area contributed by atoms with Gasteiger partial charge in [-0.3, -0.25) is 4.79 Å². The van der Waals surface area contributed by atoms with Gasteiger partial charge in [-0.25, -0.2) is 0 Å². The van der Waals surface area contributed by atoms with Crippen LogP contribution in [0.25, 0.3) is 0 Å². The molecule has 0 aromatic carbocycles. The second kappa shape index (κ2) is 3.66. The monoisotopic (exact) mass is 183 g/mol. The molecular weight excluding hydrogens is 166 g/mol. The highest BCUT2D eigenvalue weighted by molar-refractivity contribution is 5.74. The Morgan fingerprint density at radius 1 is 1.54 bits per heavy atom. The minimum Gasteiger partial charge on any atom is -0.466 e. The van der Waals surface area contributed by atoms with Crippen LogP contribution in [-0.4, -0.2) is 25.2 Å². The molecule has 0 aromatic heterocycles. The maximum absolute atomic E-state index is 11.6. The van der Waals surface area contributed by atoms with Crippen LogP contribution in [-0.2, 0) is 9.53 Å². The Labute approximate surface area is 78.8 Å². The third-order valence-corrected chi connectivity index (χ3v) is 3.23. The lowest BCUT2D eigenvalue weighted by molar-refractivity contribution is -0.150. The average molecular weight is 183 g/mol. The molecular formula is C10H17NO2. The van der Waals surface area contributed by atoms with Gasteiger partial charge in [-0.15, -0.1) is 0 Å². The Kier molecular flexibility index (Phi) is 2.54. The lowest BCUT2D eigenvalue weighted by Crippen LogP contribution is -2.36. The van der Waals surface area contributed by atoms with E-state index in [1.54, 1.807) is 0 Å². The summed E-state index contributed by atoms with van der Waals surface area (Å²) in [7, 11) is 0. The summed E-state index contributed by atoms with van der Waals surface area (Å²) in [5, 5.41) is 3.41. The van der Waals surface area contributed by atoms with Crippen molar-refractivity contribution in [3.63, 3.8) is 0 Å². The van der Waals surface area contributed by atoms with E-state index in [1.165, 1.54) is 12.8 Å². The summed E-state index contributed by atoms with van der Waals surface area (Å²) in [6.45, 7) is 3.39. The second-order valence-electron chi connectivity index (χ2n) is 3.98. The van der Waals surface area contributed by atoms with Gasteiger partial charge < -0.3 is 10.1 Å². The molecule has 74 valence electrons. The number of carbonyl (C=O) groups excluding carboxylic acids is 1. The molecule has 2 bridgehead atoms. The van der Waals surface area contributed by atoms with Gasteiger partial charge in [0.15, 0.2) is 0 Å². The van der Waals surface area contributed by atoms with E-state index in [9.17, 15) is 4.79 Å². The van der Waals surface area contributed by atoms with Crippen molar-refractivity contribution in [2.75, 3.05) is 13.2 Å². The molecule has 1 saturated heterocycles. The SMILES string of the molecule is CCOC(=O)C1C2CCCC1NC2. The maximum atomic E-state index is 11.6. The van der Waals surface area contributed by atoms with Crippen LogP contribution in [0, 0.1) is 11.8 Å². The normalized spacial score (nSPS) is 37.5. The van der Waals surface area contributed by atoms with Crippen LogP contribution in [0.2, 0.25) is 0 Å². The molecule has 0 aromatic rings. The number of hydrogen-bond acceptors (Lipinski definition) is 3. The molecule has 2 rings (SSSR count). The van der Waals surface area contributed by atoms with Gasteiger partial charge in [-0.2, -0.15) is 0 Å². The Bertz CT molecular complexity index is 189. The van der Waals surface area contributed by atoms with Gasteiger partial charge in [0.1, 0.15) is 0 Å². The number of esters is 1. The fraction of sp³-hybridized carbons (Fsp3) is 0.900. The first-order valence-corrected chi connectivity index (χ1v) is 5.23. The third-order valence-electron chi connectivity index (χ3n) is 3.23. The van der Waals surface area contributed by atoms with Crippen molar-refractivity contribution in [2.24, 2.45) is 11.8 Å². The number of ether oxygens (including phenoxy) is 1. The largest absolute Gasteiger partial charge is 0.466 e. The Morgan fingerprint density at radius 3 is 3.08 bits per heavy atom. The van der Waals surface area contributed by atoms with Crippen LogP contribution in [0.15, 0.2) is 0 Å². The van der Waals surface area contributed by atoms with E-state index in [-0.39, 0.29) is 11.9 Å². The minimum atomic E-state index is 0.0159. The summed E-state index contributed by atoms with van der Waals surface area (Å²) in [5.74, 6) is 0.702. The highest BCUT2D eigenvalue weighted by atomic mass is 16.5. The minimum absolute atomic E-state index is 0.0159. The molecule has 2 fully saturated rings. The van der Waals surface area contributed by atoms with Crippen LogP contribution in [0.5, 0.6) is 0 Å². The van der Waals surface area contributed by atoms with Gasteiger partial charge in [0, 0.05) is 6.04 Å². The Morgan fingerprint density at radius 2 is 2.38 bits per heavy atom. The van der Waals surface area contributed by atoms with Gasteiger partial charge in [-0.1, -0.05) is 6.42 Å². The van der Waals surface area contributed by atoms with Crippen molar-refractivity contribution >= 4 is 5.97 Å². The van der Waals surface area contributed by atoms with E-state index >= 15 is 0 Å². The predicted octanol–water partition coefficient (Wildman–Crippen LogP) is 0.938. The molecule has 0 spiro atoms. The molecule has 3 atom stereocenters. The van der Waals surface area contributed by atoms with Crippen molar-refractivity contribution in [1.82, 2.24) is 5.32 Å². The van der Waals surface area contributed by atoms with Crippen LogP contribution in [0.4, 0.5) is 0 Å². The van der Waals surface area contributed by atoms with Gasteiger partial charge in [0.25, 0.3) is 0 Å². The lowest BCUT2D eigenvalue weighted by atomic mass is 9.80. The summed E-state index contributed by atoms with van der Waals surface area (Å²) >= 11 is 0. The van der Waals surface area contributed by atoms with E-state index in [4.69, 9.17) is 4.74 Å². The molecule has 13 heavy (non-hydrogen) atoms. The predicted molar refractivity (Wildman–Crippen MR) is 49.3 cm³/mol. The maximum Gasteiger partial charge on any atom is 0.310 e. The van der Waals surface area contributed by atoms with Crippen molar-refractivity contribution in [2.45, 2.75) is 32.2 Å². The van der Waals surface area contributed by atoms with E-state index < -0.39 is 0 Å². The topological polar surface area (TPSA) is 38.3 Å². The number of hydrogen-bond donors (Lipinski definition) is 1. The van der Waals surface area contributed by atoms with E-state index in [0.717, 1.165) is 13.0 Å². The summed E-state index contributed by atoms with van der Waals surface area (Å²) in [4.78, 5) is 11.6. The van der Waals surface area contributed by atoms with Crippen LogP contribution >= 0.6 is 0 Å². The molecule has 3 nitrogen and oxygen atoms in total. The van der Waals surface area contributed by atoms with E-state index in [1.807, 2.05) is 6.92 Å². The van der Waals surface area contributed by atoms with E-state index in [2.05, 4.69) is 5.32 Å². The molecule has 0 radical (unpaired) electrons. The summed E-state index contributed by atoms with van der Waals surface area (Å²) in [6.07, 6.45) is 3.59. The quantitative estimate of drug-likeness (QED) is 0.647. The molecule has 1 aliphatic carbocycles. The number of fused-ring (bicyclic) bond motifs is 2. The average Bonchev–Trinajstić information content (AvgIpc) is 2.37. The fourth-order valence-corrected chi connectivity index (χ4v) is 2.64. The van der Waals surface area contributed by atoms with Gasteiger partial charge >= 0.3 is 5.97 Å². The van der Waals surface area contributed by atoms with Gasteiger partial charge in [0.05, 0.1) is 12.5 Å². The highest BCUT2D eigenvalue weighted by Gasteiger charge is 2.43. The smallest absolute Gasteiger partial charge is 0.310 e. The van der Waals surface area contributed by atoms with Gasteiger partial charge in [-0.05, 0) is 32.2 Å². The number of nitrogens with one attached hydrogen (secondary N) is 1. The van der Waals surface area contributed by atoms with Crippen LogP contribution in [0.1, 0.15) is 26.2 Å². The highest BCUT2D eigenvalue weighted by Crippen LogP contribution is 2.35. The second-order valence-corrected chi connectivity index (χ2v) is 3.98. The lowest BCUT2D eigenvalue weighted by Gasteiger charge is -2.26. The molecule has 2 aliphatic rings. The van der Waals surface area contributed by atoms with Gasteiger partial charge in [0.2, 0.25) is 0 Å². The number of carbonyl (C=O) groups is 1. The standard InChI is InChI=1S/C10H17NO2/c1-2-13-10(12)9-7-4-3-5-8(9)11-6-7/h7-9,11H,2-6H2,1H3. The number of rotatable bonds is 2. The fourth-order valence-electron chi connectivity index (χ4n) is 2.64. The zero-order valence-electron chi connectivity index (χ0n) is 8.08. The first-order chi connectivity index (χ1) is 6.33. The summed E-state index contributed by atoms with van der Waals surface area (Å²) < 4.78 is 5.08. The first kappa shape index (κ1) is 9.00.